The summed E-state index contributed by atoms with van der Waals surface area (Å²) in [5.74, 6) is 0.765. The van der Waals surface area contributed by atoms with Gasteiger partial charge >= 0.3 is 6.09 Å². The second-order valence-electron chi connectivity index (χ2n) is 3.17. The minimum atomic E-state index is -0.376. The number of amides is 1. The van der Waals surface area contributed by atoms with Gasteiger partial charge in [0.25, 0.3) is 0 Å². The summed E-state index contributed by atoms with van der Waals surface area (Å²) in [5.41, 5.74) is 0. The van der Waals surface area contributed by atoms with E-state index >= 15 is 0 Å². The maximum atomic E-state index is 10.7. The molecule has 0 saturated carbocycles. The monoisotopic (exact) mass is 271 g/mol. The molecule has 1 fully saturated rings. The van der Waals surface area contributed by atoms with Crippen molar-refractivity contribution in [3.05, 3.63) is 28.7 Å². The molecule has 15 heavy (non-hydrogen) atoms. The fraction of sp³-hybridized carbons (Fsp3) is 0.300. The predicted octanol–water partition coefficient (Wildman–Crippen LogP) is 1.94. The van der Waals surface area contributed by atoms with Gasteiger partial charge in [-0.3, -0.25) is 0 Å². The second kappa shape index (κ2) is 4.53. The average Bonchev–Trinajstić information content (AvgIpc) is 2.64. The van der Waals surface area contributed by atoms with Crippen LogP contribution in [-0.2, 0) is 4.74 Å². The van der Waals surface area contributed by atoms with Crippen LogP contribution in [0.5, 0.6) is 5.75 Å². The molecule has 2 rings (SSSR count). The lowest BCUT2D eigenvalue weighted by Gasteiger charge is -2.09. The Bertz CT molecular complexity index is 352. The van der Waals surface area contributed by atoms with Gasteiger partial charge in [-0.1, -0.05) is 15.9 Å². The van der Waals surface area contributed by atoms with E-state index < -0.39 is 0 Å². The van der Waals surface area contributed by atoms with Crippen LogP contribution in [0.2, 0.25) is 0 Å². The third kappa shape index (κ3) is 2.86. The molecule has 1 unspecified atom stereocenters. The molecule has 1 amide bonds. The van der Waals surface area contributed by atoms with E-state index in [0.29, 0.717) is 13.2 Å². The lowest BCUT2D eigenvalue weighted by Crippen LogP contribution is -2.21. The molecule has 1 aromatic carbocycles. The molecule has 0 spiro atoms. The van der Waals surface area contributed by atoms with Crippen molar-refractivity contribution in [1.82, 2.24) is 5.32 Å². The van der Waals surface area contributed by atoms with Crippen LogP contribution in [0, 0.1) is 0 Å². The molecule has 0 bridgehead atoms. The SMILES string of the molecule is O=C1NCC(COc2ccc(Br)cc2)O1. The first-order valence-corrected chi connectivity index (χ1v) is 5.36. The minimum absolute atomic E-state index is 0.193. The molecule has 1 atom stereocenters. The Hall–Kier alpha value is -1.23. The summed E-state index contributed by atoms with van der Waals surface area (Å²) in [6, 6.07) is 7.51. The smallest absolute Gasteiger partial charge is 0.407 e. The highest BCUT2D eigenvalue weighted by molar-refractivity contribution is 9.10. The van der Waals surface area contributed by atoms with Crippen LogP contribution < -0.4 is 10.1 Å². The number of rotatable bonds is 3. The number of ether oxygens (including phenoxy) is 2. The molecule has 0 radical (unpaired) electrons. The summed E-state index contributed by atoms with van der Waals surface area (Å²) in [7, 11) is 0. The molecule has 1 aliphatic rings. The zero-order valence-electron chi connectivity index (χ0n) is 7.90. The van der Waals surface area contributed by atoms with Crippen molar-refractivity contribution in [2.24, 2.45) is 0 Å². The van der Waals surface area contributed by atoms with Gasteiger partial charge < -0.3 is 14.8 Å². The van der Waals surface area contributed by atoms with Crippen LogP contribution in [0.15, 0.2) is 28.7 Å². The van der Waals surface area contributed by atoms with Crippen molar-refractivity contribution < 1.29 is 14.3 Å². The summed E-state index contributed by atoms with van der Waals surface area (Å²) < 4.78 is 11.4. The topological polar surface area (TPSA) is 47.6 Å². The van der Waals surface area contributed by atoms with Gasteiger partial charge in [0.2, 0.25) is 0 Å². The Balaban J connectivity index is 1.83. The van der Waals surface area contributed by atoms with Gasteiger partial charge in [0, 0.05) is 4.47 Å². The van der Waals surface area contributed by atoms with Crippen LogP contribution in [-0.4, -0.2) is 25.3 Å². The maximum Gasteiger partial charge on any atom is 0.407 e. The van der Waals surface area contributed by atoms with E-state index in [0.717, 1.165) is 10.2 Å². The molecule has 0 aromatic heterocycles. The number of hydrogen-bond acceptors (Lipinski definition) is 3. The number of hydrogen-bond donors (Lipinski definition) is 1. The minimum Gasteiger partial charge on any atom is -0.490 e. The molecule has 1 N–H and O–H groups in total. The van der Waals surface area contributed by atoms with Crippen molar-refractivity contribution >= 4 is 22.0 Å². The van der Waals surface area contributed by atoms with E-state index in [1.807, 2.05) is 24.3 Å². The highest BCUT2D eigenvalue weighted by Crippen LogP contribution is 2.16. The number of benzene rings is 1. The Kier molecular flexibility index (Phi) is 3.11. The Labute approximate surface area is 95.7 Å². The normalized spacial score (nSPS) is 19.5. The third-order valence-electron chi connectivity index (χ3n) is 2.00. The van der Waals surface area contributed by atoms with Crippen LogP contribution in [0.1, 0.15) is 0 Å². The summed E-state index contributed by atoms with van der Waals surface area (Å²) in [6.45, 7) is 0.885. The molecule has 1 aromatic rings. The summed E-state index contributed by atoms with van der Waals surface area (Å²) in [5, 5.41) is 2.57. The van der Waals surface area contributed by atoms with Gasteiger partial charge in [0.15, 0.2) is 6.10 Å². The lowest BCUT2D eigenvalue weighted by atomic mass is 10.3. The molecular weight excluding hydrogens is 262 g/mol. The number of carbonyl (C=O) groups excluding carboxylic acids is 1. The highest BCUT2D eigenvalue weighted by atomic mass is 79.9. The first kappa shape index (κ1) is 10.3. The van der Waals surface area contributed by atoms with Crippen LogP contribution >= 0.6 is 15.9 Å². The van der Waals surface area contributed by atoms with Gasteiger partial charge in [0.1, 0.15) is 12.4 Å². The van der Waals surface area contributed by atoms with E-state index in [4.69, 9.17) is 9.47 Å². The van der Waals surface area contributed by atoms with Crippen LogP contribution in [0.25, 0.3) is 0 Å². The van der Waals surface area contributed by atoms with Gasteiger partial charge in [0.05, 0.1) is 6.54 Å². The van der Waals surface area contributed by atoms with Crippen molar-refractivity contribution in [1.29, 1.82) is 0 Å². The molecule has 1 heterocycles. The largest absolute Gasteiger partial charge is 0.490 e. The molecule has 1 aliphatic heterocycles. The number of cyclic esters (lactones) is 1. The van der Waals surface area contributed by atoms with E-state index in [2.05, 4.69) is 21.2 Å². The van der Waals surface area contributed by atoms with Crippen LogP contribution in [0.4, 0.5) is 4.79 Å². The first-order chi connectivity index (χ1) is 7.24. The molecule has 80 valence electrons. The third-order valence-corrected chi connectivity index (χ3v) is 2.53. The Morgan fingerprint density at radius 1 is 1.47 bits per heavy atom. The zero-order chi connectivity index (χ0) is 10.7. The zero-order valence-corrected chi connectivity index (χ0v) is 9.49. The van der Waals surface area contributed by atoms with E-state index in [-0.39, 0.29) is 12.2 Å². The van der Waals surface area contributed by atoms with Crippen LogP contribution in [0.3, 0.4) is 0 Å². The second-order valence-corrected chi connectivity index (χ2v) is 4.09. The molecule has 5 heteroatoms. The van der Waals surface area contributed by atoms with Crippen molar-refractivity contribution in [2.75, 3.05) is 13.2 Å². The summed E-state index contributed by atoms with van der Waals surface area (Å²) in [6.07, 6.45) is -0.569. The summed E-state index contributed by atoms with van der Waals surface area (Å²) in [4.78, 5) is 10.7. The fourth-order valence-electron chi connectivity index (χ4n) is 1.24. The van der Waals surface area contributed by atoms with Gasteiger partial charge in [-0.25, -0.2) is 4.79 Å². The van der Waals surface area contributed by atoms with E-state index in [9.17, 15) is 4.79 Å². The van der Waals surface area contributed by atoms with Gasteiger partial charge in [-0.2, -0.15) is 0 Å². The van der Waals surface area contributed by atoms with Gasteiger partial charge in [-0.05, 0) is 24.3 Å². The quantitative estimate of drug-likeness (QED) is 0.914. The predicted molar refractivity (Wildman–Crippen MR) is 57.9 cm³/mol. The number of alkyl carbamates (subject to hydrolysis) is 1. The first-order valence-electron chi connectivity index (χ1n) is 4.57. The van der Waals surface area contributed by atoms with E-state index in [1.54, 1.807) is 0 Å². The Morgan fingerprint density at radius 2 is 2.20 bits per heavy atom. The maximum absolute atomic E-state index is 10.7. The van der Waals surface area contributed by atoms with Crippen molar-refractivity contribution in [3.8, 4) is 5.75 Å². The van der Waals surface area contributed by atoms with E-state index in [1.165, 1.54) is 0 Å². The Morgan fingerprint density at radius 3 is 2.80 bits per heavy atom. The molecule has 0 aliphatic carbocycles. The highest BCUT2D eigenvalue weighted by Gasteiger charge is 2.22. The lowest BCUT2D eigenvalue weighted by molar-refractivity contribution is 0.105. The standard InChI is InChI=1S/C10H10BrNO3/c11-7-1-3-8(4-2-7)14-6-9-5-12-10(13)15-9/h1-4,9H,5-6H2,(H,12,13). The number of nitrogens with one attached hydrogen (secondary N) is 1. The fourth-order valence-corrected chi connectivity index (χ4v) is 1.51. The van der Waals surface area contributed by atoms with Gasteiger partial charge in [-0.15, -0.1) is 0 Å². The molecule has 1 saturated heterocycles. The molecule has 4 nitrogen and oxygen atoms in total. The molecular formula is C10H10BrNO3. The summed E-state index contributed by atoms with van der Waals surface area (Å²) >= 11 is 3.34. The number of halogens is 1. The number of carbonyl (C=O) groups is 1. The van der Waals surface area contributed by atoms with Crippen molar-refractivity contribution in [2.45, 2.75) is 6.10 Å². The average molecular weight is 272 g/mol. The van der Waals surface area contributed by atoms with Crippen molar-refractivity contribution in [3.63, 3.8) is 0 Å².